The summed E-state index contributed by atoms with van der Waals surface area (Å²) in [6, 6.07) is 4.75. The summed E-state index contributed by atoms with van der Waals surface area (Å²) in [7, 11) is 1.45. The van der Waals surface area contributed by atoms with Gasteiger partial charge >= 0.3 is 5.69 Å². The van der Waals surface area contributed by atoms with Crippen LogP contribution in [-0.4, -0.2) is 30.5 Å². The fourth-order valence-electron chi connectivity index (χ4n) is 1.39. The molecule has 0 amide bonds. The standard InChI is InChI=1S/C11H15NO5/c1-16-8-17-11-5-4-9(3-2-6-13)7-10(11)12(14)15/h4-5,7,13H,2-3,6,8H2,1H3. The molecule has 0 heterocycles. The highest BCUT2D eigenvalue weighted by Gasteiger charge is 2.15. The number of nitrogens with zero attached hydrogens (tertiary/aromatic N) is 1. The Bertz CT molecular complexity index is 380. The molecule has 0 unspecified atom stereocenters. The molecule has 0 aromatic heterocycles. The molecule has 1 N–H and O–H groups in total. The van der Waals surface area contributed by atoms with Crippen molar-refractivity contribution < 1.29 is 19.5 Å². The zero-order chi connectivity index (χ0) is 12.7. The van der Waals surface area contributed by atoms with Crippen LogP contribution in [0.2, 0.25) is 0 Å². The lowest BCUT2D eigenvalue weighted by atomic mass is 10.1. The number of hydrogen-bond donors (Lipinski definition) is 1. The van der Waals surface area contributed by atoms with Crippen LogP contribution in [0, 0.1) is 10.1 Å². The Hall–Kier alpha value is -1.66. The summed E-state index contributed by atoms with van der Waals surface area (Å²) in [4.78, 5) is 10.4. The minimum Gasteiger partial charge on any atom is -0.460 e. The summed E-state index contributed by atoms with van der Waals surface area (Å²) in [5.74, 6) is 0.185. The second-order valence-corrected chi connectivity index (χ2v) is 3.44. The van der Waals surface area contributed by atoms with Gasteiger partial charge in [-0.15, -0.1) is 0 Å². The van der Waals surface area contributed by atoms with Crippen molar-refractivity contribution in [1.82, 2.24) is 0 Å². The predicted molar refractivity (Wildman–Crippen MR) is 61.0 cm³/mol. The molecule has 6 heteroatoms. The van der Waals surface area contributed by atoms with Crippen molar-refractivity contribution >= 4 is 5.69 Å². The van der Waals surface area contributed by atoms with Crippen molar-refractivity contribution in [2.45, 2.75) is 12.8 Å². The Kier molecular flexibility index (Phi) is 5.38. The second-order valence-electron chi connectivity index (χ2n) is 3.44. The van der Waals surface area contributed by atoms with E-state index in [4.69, 9.17) is 14.6 Å². The third kappa shape index (κ3) is 4.01. The first-order valence-electron chi connectivity index (χ1n) is 5.19. The summed E-state index contributed by atoms with van der Waals surface area (Å²) in [5, 5.41) is 19.5. The van der Waals surface area contributed by atoms with Crippen molar-refractivity contribution in [3.05, 3.63) is 33.9 Å². The fourth-order valence-corrected chi connectivity index (χ4v) is 1.39. The van der Waals surface area contributed by atoms with Crippen LogP contribution >= 0.6 is 0 Å². The van der Waals surface area contributed by atoms with Crippen LogP contribution in [0.3, 0.4) is 0 Å². The number of hydrogen-bond acceptors (Lipinski definition) is 5. The number of nitro benzene ring substituents is 1. The SMILES string of the molecule is COCOc1ccc(CCCO)cc1[N+](=O)[O-]. The summed E-state index contributed by atoms with van der Waals surface area (Å²) < 4.78 is 9.79. The molecule has 0 fully saturated rings. The van der Waals surface area contributed by atoms with E-state index in [2.05, 4.69) is 0 Å². The van der Waals surface area contributed by atoms with Gasteiger partial charge in [0.15, 0.2) is 12.5 Å². The summed E-state index contributed by atoms with van der Waals surface area (Å²) >= 11 is 0. The molecule has 94 valence electrons. The molecule has 0 aliphatic carbocycles. The molecule has 0 saturated heterocycles. The maximum atomic E-state index is 10.8. The molecular weight excluding hydrogens is 226 g/mol. The Morgan fingerprint density at radius 2 is 2.24 bits per heavy atom. The molecule has 1 aromatic rings. The third-order valence-corrected chi connectivity index (χ3v) is 2.18. The van der Waals surface area contributed by atoms with Crippen LogP contribution < -0.4 is 4.74 Å². The van der Waals surface area contributed by atoms with E-state index in [1.54, 1.807) is 12.1 Å². The lowest BCUT2D eigenvalue weighted by molar-refractivity contribution is -0.386. The van der Waals surface area contributed by atoms with Crippen molar-refractivity contribution in [2.24, 2.45) is 0 Å². The van der Waals surface area contributed by atoms with Crippen molar-refractivity contribution in [3.8, 4) is 5.75 Å². The molecule has 1 rings (SSSR count). The average molecular weight is 241 g/mol. The molecule has 0 saturated carbocycles. The maximum Gasteiger partial charge on any atom is 0.311 e. The largest absolute Gasteiger partial charge is 0.460 e. The van der Waals surface area contributed by atoms with Gasteiger partial charge in [0.25, 0.3) is 0 Å². The van der Waals surface area contributed by atoms with Crippen LogP contribution in [0.5, 0.6) is 5.75 Å². The first kappa shape index (κ1) is 13.4. The molecule has 0 spiro atoms. The highest BCUT2D eigenvalue weighted by Crippen LogP contribution is 2.28. The van der Waals surface area contributed by atoms with E-state index in [-0.39, 0.29) is 24.8 Å². The molecule has 17 heavy (non-hydrogen) atoms. The van der Waals surface area contributed by atoms with Crippen LogP contribution in [0.4, 0.5) is 5.69 Å². The number of aliphatic hydroxyl groups is 1. The normalized spacial score (nSPS) is 10.2. The molecular formula is C11H15NO5. The monoisotopic (exact) mass is 241 g/mol. The van der Waals surface area contributed by atoms with Crippen molar-refractivity contribution in [2.75, 3.05) is 20.5 Å². The molecule has 0 aliphatic rings. The first-order chi connectivity index (χ1) is 8.19. The van der Waals surface area contributed by atoms with Gasteiger partial charge in [-0.05, 0) is 24.5 Å². The van der Waals surface area contributed by atoms with Gasteiger partial charge in [0.1, 0.15) is 0 Å². The van der Waals surface area contributed by atoms with E-state index in [0.717, 1.165) is 5.56 Å². The van der Waals surface area contributed by atoms with E-state index >= 15 is 0 Å². The smallest absolute Gasteiger partial charge is 0.311 e. The lowest BCUT2D eigenvalue weighted by Gasteiger charge is -2.07. The van der Waals surface area contributed by atoms with Gasteiger partial charge in [0.05, 0.1) is 4.92 Å². The quantitative estimate of drug-likeness (QED) is 0.444. The molecule has 0 atom stereocenters. The highest BCUT2D eigenvalue weighted by molar-refractivity contribution is 5.48. The summed E-state index contributed by atoms with van der Waals surface area (Å²) in [6.07, 6.45) is 1.18. The van der Waals surface area contributed by atoms with E-state index in [1.807, 2.05) is 0 Å². The number of nitro groups is 1. The molecule has 0 bridgehead atoms. The number of ether oxygens (including phenoxy) is 2. The lowest BCUT2D eigenvalue weighted by Crippen LogP contribution is -2.02. The van der Waals surface area contributed by atoms with E-state index in [1.165, 1.54) is 13.2 Å². The number of aliphatic hydroxyl groups excluding tert-OH is 1. The zero-order valence-corrected chi connectivity index (χ0v) is 9.59. The summed E-state index contributed by atoms with van der Waals surface area (Å²) in [6.45, 7) is 0.0343. The Morgan fingerprint density at radius 3 is 2.82 bits per heavy atom. The maximum absolute atomic E-state index is 10.8. The highest BCUT2D eigenvalue weighted by atomic mass is 16.7. The fraction of sp³-hybridized carbons (Fsp3) is 0.455. The van der Waals surface area contributed by atoms with Gasteiger partial charge in [0.2, 0.25) is 0 Å². The number of methoxy groups -OCH3 is 1. The first-order valence-corrected chi connectivity index (χ1v) is 5.19. The Morgan fingerprint density at radius 1 is 1.47 bits per heavy atom. The van der Waals surface area contributed by atoms with Crippen molar-refractivity contribution in [1.29, 1.82) is 0 Å². The summed E-state index contributed by atoms with van der Waals surface area (Å²) in [5.41, 5.74) is 0.716. The number of aryl methyl sites for hydroxylation is 1. The topological polar surface area (TPSA) is 81.8 Å². The minimum absolute atomic E-state index is 0.0309. The molecule has 0 radical (unpaired) electrons. The van der Waals surface area contributed by atoms with Crippen LogP contribution in [0.15, 0.2) is 18.2 Å². The van der Waals surface area contributed by atoms with Gasteiger partial charge in [-0.1, -0.05) is 6.07 Å². The number of benzene rings is 1. The van der Waals surface area contributed by atoms with Gasteiger partial charge < -0.3 is 14.6 Å². The van der Waals surface area contributed by atoms with Crippen LogP contribution in [-0.2, 0) is 11.2 Å². The minimum atomic E-state index is -0.493. The van der Waals surface area contributed by atoms with Gasteiger partial charge in [-0.2, -0.15) is 0 Å². The third-order valence-electron chi connectivity index (χ3n) is 2.18. The van der Waals surface area contributed by atoms with Crippen LogP contribution in [0.25, 0.3) is 0 Å². The van der Waals surface area contributed by atoms with Gasteiger partial charge in [0, 0.05) is 19.8 Å². The average Bonchev–Trinajstić information content (AvgIpc) is 2.34. The van der Waals surface area contributed by atoms with Crippen LogP contribution in [0.1, 0.15) is 12.0 Å². The number of rotatable bonds is 7. The van der Waals surface area contributed by atoms with Gasteiger partial charge in [-0.25, -0.2) is 0 Å². The van der Waals surface area contributed by atoms with E-state index < -0.39 is 4.92 Å². The molecule has 0 aliphatic heterocycles. The Labute approximate surface area is 98.9 Å². The Balaban J connectivity index is 2.87. The predicted octanol–water partition coefficient (Wildman–Crippen LogP) is 1.50. The molecule has 6 nitrogen and oxygen atoms in total. The van der Waals surface area contributed by atoms with Crippen molar-refractivity contribution in [3.63, 3.8) is 0 Å². The van der Waals surface area contributed by atoms with Gasteiger partial charge in [-0.3, -0.25) is 10.1 Å². The van der Waals surface area contributed by atoms with E-state index in [0.29, 0.717) is 12.8 Å². The second kappa shape index (κ2) is 6.82. The molecule has 1 aromatic carbocycles. The zero-order valence-electron chi connectivity index (χ0n) is 9.59. The van der Waals surface area contributed by atoms with E-state index in [9.17, 15) is 10.1 Å².